The van der Waals surface area contributed by atoms with Gasteiger partial charge in [0.05, 0.1) is 29.2 Å². The van der Waals surface area contributed by atoms with Crippen LogP contribution in [0.1, 0.15) is 35.9 Å². The second-order valence-corrected chi connectivity index (χ2v) is 7.81. The Morgan fingerprint density at radius 2 is 2.04 bits per heavy atom. The summed E-state index contributed by atoms with van der Waals surface area (Å²) < 4.78 is 39.7. The zero-order valence-electron chi connectivity index (χ0n) is 14.3. The summed E-state index contributed by atoms with van der Waals surface area (Å²) in [6.45, 7) is -0.462. The lowest BCUT2D eigenvalue weighted by Crippen LogP contribution is -2.42. The van der Waals surface area contributed by atoms with Crippen LogP contribution in [0.2, 0.25) is 0 Å². The molecule has 2 unspecified atom stereocenters. The van der Waals surface area contributed by atoms with Crippen LogP contribution in [0.15, 0.2) is 24.3 Å². The van der Waals surface area contributed by atoms with Gasteiger partial charge in [-0.15, -0.1) is 23.7 Å². The molecule has 1 saturated heterocycles. The van der Waals surface area contributed by atoms with Gasteiger partial charge >= 0.3 is 0 Å². The minimum atomic E-state index is -2.83. The van der Waals surface area contributed by atoms with Crippen LogP contribution in [0.25, 0.3) is 10.6 Å². The van der Waals surface area contributed by atoms with Crippen LogP contribution in [0, 0.1) is 5.82 Å². The molecule has 1 amide bonds. The molecule has 0 bridgehead atoms. The summed E-state index contributed by atoms with van der Waals surface area (Å²) >= 11 is 1.47. The number of benzene rings is 1. The van der Waals surface area contributed by atoms with E-state index in [1.807, 2.05) is 0 Å². The van der Waals surface area contributed by atoms with Gasteiger partial charge in [-0.3, -0.25) is 10.1 Å². The van der Waals surface area contributed by atoms with E-state index in [4.69, 9.17) is 0 Å². The first-order valence-electron chi connectivity index (χ1n) is 8.58. The van der Waals surface area contributed by atoms with Crippen LogP contribution in [-0.2, 0) is 11.2 Å². The third-order valence-electron chi connectivity index (χ3n) is 4.78. The normalized spacial score (nSPS) is 23.4. The van der Waals surface area contributed by atoms with E-state index in [-0.39, 0.29) is 24.3 Å². The lowest BCUT2D eigenvalue weighted by molar-refractivity contribution is -0.124. The average molecular weight is 418 g/mol. The minimum absolute atomic E-state index is 0. The van der Waals surface area contributed by atoms with Crippen molar-refractivity contribution >= 4 is 29.7 Å². The average Bonchev–Trinajstić information content (AvgIpc) is 3.19. The largest absolute Gasteiger partial charge is 0.347 e. The molecule has 0 spiro atoms. The maximum absolute atomic E-state index is 13.3. The van der Waals surface area contributed by atoms with Gasteiger partial charge in [-0.1, -0.05) is 0 Å². The lowest BCUT2D eigenvalue weighted by Gasteiger charge is -2.24. The number of thiazole rings is 1. The van der Waals surface area contributed by atoms with Crippen molar-refractivity contribution in [2.24, 2.45) is 0 Å². The second-order valence-electron chi connectivity index (χ2n) is 6.78. The summed E-state index contributed by atoms with van der Waals surface area (Å²) in [6.07, 6.45) is 1.98. The Kier molecular flexibility index (Phi) is 5.79. The van der Waals surface area contributed by atoms with Gasteiger partial charge in [0.2, 0.25) is 5.91 Å². The highest BCUT2D eigenvalue weighted by Crippen LogP contribution is 2.38. The van der Waals surface area contributed by atoms with Crippen LogP contribution in [0.4, 0.5) is 13.2 Å². The van der Waals surface area contributed by atoms with Crippen LogP contribution in [-0.4, -0.2) is 29.4 Å². The topological polar surface area (TPSA) is 54.0 Å². The summed E-state index contributed by atoms with van der Waals surface area (Å²) in [6, 6.07) is 5.06. The number of amides is 1. The molecule has 2 heterocycles. The van der Waals surface area contributed by atoms with Crippen molar-refractivity contribution in [2.75, 3.05) is 6.54 Å². The fourth-order valence-electron chi connectivity index (χ4n) is 3.45. The molecule has 4 nitrogen and oxygen atoms in total. The van der Waals surface area contributed by atoms with E-state index in [1.54, 1.807) is 12.1 Å². The predicted molar refractivity (Wildman–Crippen MR) is 99.9 cm³/mol. The van der Waals surface area contributed by atoms with Gasteiger partial charge in [-0.2, -0.15) is 0 Å². The maximum Gasteiger partial charge on any atom is 0.262 e. The van der Waals surface area contributed by atoms with Gasteiger partial charge in [0.1, 0.15) is 10.8 Å². The van der Waals surface area contributed by atoms with Gasteiger partial charge in [0.15, 0.2) is 0 Å². The van der Waals surface area contributed by atoms with Crippen molar-refractivity contribution in [2.45, 2.75) is 43.7 Å². The first kappa shape index (κ1) is 20.1. The summed E-state index contributed by atoms with van der Waals surface area (Å²) in [4.78, 5) is 18.0. The molecule has 9 heteroatoms. The smallest absolute Gasteiger partial charge is 0.262 e. The Hall–Kier alpha value is -1.64. The zero-order valence-corrected chi connectivity index (χ0v) is 15.9. The molecule has 0 saturated carbocycles. The van der Waals surface area contributed by atoms with Crippen molar-refractivity contribution in [3.05, 3.63) is 40.7 Å². The first-order chi connectivity index (χ1) is 12.4. The summed E-state index contributed by atoms with van der Waals surface area (Å²) in [5, 5.41) is 6.27. The summed E-state index contributed by atoms with van der Waals surface area (Å²) in [7, 11) is 0. The molecule has 146 valence electrons. The summed E-state index contributed by atoms with van der Waals surface area (Å²) in [5.74, 6) is -3.53. The fourth-order valence-corrected chi connectivity index (χ4v) is 4.65. The molecule has 1 fully saturated rings. The Balaban J connectivity index is 0.00000210. The molecule has 2 aromatic rings. The van der Waals surface area contributed by atoms with Crippen LogP contribution < -0.4 is 10.6 Å². The van der Waals surface area contributed by atoms with Crippen molar-refractivity contribution in [1.29, 1.82) is 0 Å². The Morgan fingerprint density at radius 1 is 1.30 bits per heavy atom. The minimum Gasteiger partial charge on any atom is -0.347 e. The number of hydrogen-bond acceptors (Lipinski definition) is 4. The van der Waals surface area contributed by atoms with E-state index in [1.165, 1.54) is 23.5 Å². The third kappa shape index (κ3) is 4.28. The number of aryl methyl sites for hydroxylation is 1. The van der Waals surface area contributed by atoms with E-state index in [9.17, 15) is 18.0 Å². The fraction of sp³-hybridized carbons (Fsp3) is 0.444. The van der Waals surface area contributed by atoms with Crippen molar-refractivity contribution < 1.29 is 18.0 Å². The molecule has 1 aromatic carbocycles. The van der Waals surface area contributed by atoms with Crippen LogP contribution >= 0.6 is 23.7 Å². The number of nitrogens with zero attached hydrogens (tertiary/aromatic N) is 1. The molecular weight excluding hydrogens is 399 g/mol. The molecule has 1 aliphatic heterocycles. The molecule has 2 aliphatic rings. The number of carbonyl (C=O) groups is 1. The highest BCUT2D eigenvalue weighted by Gasteiger charge is 2.43. The monoisotopic (exact) mass is 417 g/mol. The molecule has 27 heavy (non-hydrogen) atoms. The zero-order chi connectivity index (χ0) is 18.3. The van der Waals surface area contributed by atoms with E-state index in [0.717, 1.165) is 40.4 Å². The number of carbonyl (C=O) groups excluding carboxylic acids is 1. The van der Waals surface area contributed by atoms with E-state index < -0.39 is 30.8 Å². The number of nitrogens with one attached hydrogen (secondary N) is 2. The molecule has 1 aliphatic carbocycles. The van der Waals surface area contributed by atoms with E-state index >= 15 is 0 Å². The third-order valence-corrected chi connectivity index (χ3v) is 6.04. The summed E-state index contributed by atoms with van der Waals surface area (Å²) in [5.41, 5.74) is 1.75. The quantitative estimate of drug-likeness (QED) is 0.797. The first-order valence-corrected chi connectivity index (χ1v) is 9.40. The van der Waals surface area contributed by atoms with Crippen LogP contribution in [0.3, 0.4) is 0 Å². The van der Waals surface area contributed by atoms with Crippen LogP contribution in [0.5, 0.6) is 0 Å². The Bertz CT molecular complexity index is 828. The van der Waals surface area contributed by atoms with Gasteiger partial charge in [0, 0.05) is 12.0 Å². The van der Waals surface area contributed by atoms with Gasteiger partial charge < -0.3 is 5.32 Å². The number of aromatic nitrogens is 1. The molecule has 1 aromatic heterocycles. The lowest BCUT2D eigenvalue weighted by atomic mass is 9.97. The van der Waals surface area contributed by atoms with Gasteiger partial charge in [-0.25, -0.2) is 18.2 Å². The Morgan fingerprint density at radius 3 is 2.70 bits per heavy atom. The van der Waals surface area contributed by atoms with E-state index in [0.29, 0.717) is 0 Å². The number of hydrogen-bond donors (Lipinski definition) is 2. The maximum atomic E-state index is 13.3. The highest BCUT2D eigenvalue weighted by atomic mass is 35.5. The second kappa shape index (κ2) is 7.77. The molecular formula is C18H19ClF3N3OS. The highest BCUT2D eigenvalue weighted by molar-refractivity contribution is 7.15. The molecule has 2 N–H and O–H groups in total. The SMILES string of the molecule is Cl.O=C(NC1CCCc2nc(-c3ccc(F)cc3)sc21)C1CC(F)(F)CN1. The Labute approximate surface area is 165 Å². The van der Waals surface area contributed by atoms with Crippen molar-refractivity contribution in [3.8, 4) is 10.6 Å². The number of alkyl halides is 2. The number of rotatable bonds is 3. The number of fused-ring (bicyclic) bond motifs is 1. The van der Waals surface area contributed by atoms with Crippen molar-refractivity contribution in [1.82, 2.24) is 15.6 Å². The standard InChI is InChI=1S/C18H18F3N3OS.ClH/c19-11-6-4-10(5-7-11)17-24-13-3-1-2-12(15(13)26-17)23-16(25)14-8-18(20,21)9-22-14;/h4-7,12,14,22H,1-3,8-9H2,(H,23,25);1H. The van der Waals surface area contributed by atoms with E-state index in [2.05, 4.69) is 15.6 Å². The van der Waals surface area contributed by atoms with Crippen molar-refractivity contribution in [3.63, 3.8) is 0 Å². The number of halogens is 4. The molecule has 0 radical (unpaired) electrons. The molecule has 2 atom stereocenters. The molecule has 4 rings (SSSR count). The predicted octanol–water partition coefficient (Wildman–Crippen LogP) is 3.86. The van der Waals surface area contributed by atoms with Gasteiger partial charge in [-0.05, 0) is 43.5 Å². The van der Waals surface area contributed by atoms with Gasteiger partial charge in [0.25, 0.3) is 5.92 Å².